The summed E-state index contributed by atoms with van der Waals surface area (Å²) in [5.41, 5.74) is 0.381. The van der Waals surface area contributed by atoms with Gasteiger partial charge in [0.05, 0.1) is 0 Å². The van der Waals surface area contributed by atoms with E-state index < -0.39 is 0 Å². The van der Waals surface area contributed by atoms with Crippen LogP contribution in [0.25, 0.3) is 0 Å². The lowest BCUT2D eigenvalue weighted by molar-refractivity contribution is 0.0843. The first-order valence-corrected chi connectivity index (χ1v) is 3.47. The van der Waals surface area contributed by atoms with Crippen LogP contribution in [0, 0.1) is 0 Å². The molecule has 1 rings (SSSR count). The highest BCUT2D eigenvalue weighted by Gasteiger charge is 2.06. The van der Waals surface area contributed by atoms with E-state index in [4.69, 9.17) is 0 Å². The highest BCUT2D eigenvalue weighted by molar-refractivity contribution is 7.03. The molecule has 0 saturated heterocycles. The Morgan fingerprint density at radius 2 is 2.70 bits per heavy atom. The molecule has 0 saturated carbocycles. The van der Waals surface area contributed by atoms with Crippen LogP contribution in [0.3, 0.4) is 0 Å². The van der Waals surface area contributed by atoms with Crippen LogP contribution < -0.4 is 0 Å². The fourth-order valence-corrected chi connectivity index (χ4v) is 0.952. The Kier molecular flexibility index (Phi) is 2.47. The number of hydrogen-bond donors (Lipinski definition) is 0. The lowest BCUT2D eigenvalue weighted by Crippen LogP contribution is -2.07. The van der Waals surface area contributed by atoms with Gasteiger partial charge in [-0.05, 0) is 11.5 Å². The maximum absolute atomic E-state index is 10.9. The van der Waals surface area contributed by atoms with Crippen LogP contribution in [0.5, 0.6) is 0 Å². The van der Waals surface area contributed by atoms with Crippen molar-refractivity contribution < 1.29 is 9.53 Å². The van der Waals surface area contributed by atoms with Crippen molar-refractivity contribution in [3.8, 4) is 0 Å². The van der Waals surface area contributed by atoms with E-state index in [2.05, 4.69) is 14.3 Å². The quantitative estimate of drug-likeness (QED) is 0.596. The number of carbonyl (C=O) groups is 1. The van der Waals surface area contributed by atoms with Crippen LogP contribution >= 0.6 is 11.5 Å². The van der Waals surface area contributed by atoms with E-state index in [0.29, 0.717) is 5.69 Å². The fraction of sp³-hybridized carbons (Fsp3) is 0.400. The summed E-state index contributed by atoms with van der Waals surface area (Å²) in [7, 11) is 1.47. The van der Waals surface area contributed by atoms with Crippen LogP contribution in [0.2, 0.25) is 0 Å². The van der Waals surface area contributed by atoms with Gasteiger partial charge in [0.1, 0.15) is 12.3 Å². The number of carbonyl (C=O) groups excluding carboxylic acids is 1. The number of aromatic nitrogens is 2. The Morgan fingerprint density at radius 1 is 1.90 bits per heavy atom. The molecule has 0 amide bonds. The van der Waals surface area contributed by atoms with Gasteiger partial charge in [0.25, 0.3) is 0 Å². The molecule has 54 valence electrons. The van der Waals surface area contributed by atoms with E-state index in [0.717, 1.165) is 11.5 Å². The van der Waals surface area contributed by atoms with Gasteiger partial charge in [0.15, 0.2) is 0 Å². The van der Waals surface area contributed by atoms with Crippen molar-refractivity contribution in [2.45, 2.75) is 0 Å². The van der Waals surface area contributed by atoms with Crippen molar-refractivity contribution in [1.29, 1.82) is 0 Å². The minimum absolute atomic E-state index is 0.0748. The Bertz CT molecular complexity index is 209. The van der Waals surface area contributed by atoms with Gasteiger partial charge in [0.2, 0.25) is 5.78 Å². The molecule has 0 aliphatic heterocycles. The molecule has 1 heterocycles. The average Bonchev–Trinajstić information content (AvgIpc) is 2.38. The lowest BCUT2D eigenvalue weighted by Gasteiger charge is -1.90. The third kappa shape index (κ3) is 1.58. The molecular formula is C5H6N2O2S. The van der Waals surface area contributed by atoms with Crippen LogP contribution in [0.4, 0.5) is 0 Å². The van der Waals surface area contributed by atoms with Gasteiger partial charge in [-0.2, -0.15) is 0 Å². The smallest absolute Gasteiger partial charge is 0.209 e. The predicted molar refractivity (Wildman–Crippen MR) is 36.1 cm³/mol. The normalized spacial score (nSPS) is 9.70. The highest BCUT2D eigenvalue weighted by Crippen LogP contribution is 1.97. The molecule has 0 aromatic carbocycles. The summed E-state index contributed by atoms with van der Waals surface area (Å²) in [5, 5.41) is 5.17. The summed E-state index contributed by atoms with van der Waals surface area (Å²) in [4.78, 5) is 10.9. The first kappa shape index (κ1) is 7.30. The molecule has 4 nitrogen and oxygen atoms in total. The summed E-state index contributed by atoms with van der Waals surface area (Å²) in [6.45, 7) is 0.0748. The third-order valence-corrected chi connectivity index (χ3v) is 1.43. The minimum atomic E-state index is -0.128. The Balaban J connectivity index is 2.59. The standard InChI is InChI=1S/C5H6N2O2S/c1-9-2-5(8)4-3-10-7-6-4/h3H,2H2,1H3. The van der Waals surface area contributed by atoms with Crippen molar-refractivity contribution in [3.05, 3.63) is 11.1 Å². The Labute approximate surface area is 62.0 Å². The summed E-state index contributed by atoms with van der Waals surface area (Å²) in [6.07, 6.45) is 0. The largest absolute Gasteiger partial charge is 0.376 e. The first-order valence-electron chi connectivity index (χ1n) is 2.64. The van der Waals surface area contributed by atoms with Crippen molar-refractivity contribution in [3.63, 3.8) is 0 Å². The van der Waals surface area contributed by atoms with Crippen LogP contribution in [-0.2, 0) is 4.74 Å². The summed E-state index contributed by atoms with van der Waals surface area (Å²) < 4.78 is 8.16. The molecule has 0 radical (unpaired) electrons. The topological polar surface area (TPSA) is 52.1 Å². The number of ketones is 1. The van der Waals surface area contributed by atoms with Gasteiger partial charge in [-0.1, -0.05) is 4.49 Å². The molecule has 5 heteroatoms. The second-order valence-electron chi connectivity index (χ2n) is 1.65. The van der Waals surface area contributed by atoms with E-state index >= 15 is 0 Å². The van der Waals surface area contributed by atoms with Crippen LogP contribution in [-0.4, -0.2) is 29.1 Å². The summed E-state index contributed by atoms with van der Waals surface area (Å²) >= 11 is 1.16. The van der Waals surface area contributed by atoms with E-state index in [-0.39, 0.29) is 12.4 Å². The molecule has 0 N–H and O–H groups in total. The number of rotatable bonds is 3. The Hall–Kier alpha value is -0.810. The number of Topliss-reactive ketones (excluding diaryl/α,β-unsaturated/α-hetero) is 1. The maximum Gasteiger partial charge on any atom is 0.209 e. The van der Waals surface area contributed by atoms with Gasteiger partial charge in [-0.25, -0.2) is 0 Å². The molecule has 0 fully saturated rings. The van der Waals surface area contributed by atoms with E-state index in [1.807, 2.05) is 0 Å². The van der Waals surface area contributed by atoms with Gasteiger partial charge in [-0.15, -0.1) is 5.10 Å². The lowest BCUT2D eigenvalue weighted by atomic mass is 10.3. The monoisotopic (exact) mass is 158 g/mol. The maximum atomic E-state index is 10.9. The predicted octanol–water partition coefficient (Wildman–Crippen LogP) is 0.367. The SMILES string of the molecule is COCC(=O)c1csnn1. The van der Waals surface area contributed by atoms with Crippen molar-refractivity contribution >= 4 is 17.3 Å². The molecule has 0 spiro atoms. The van der Waals surface area contributed by atoms with E-state index in [1.165, 1.54) is 7.11 Å². The zero-order valence-corrected chi connectivity index (χ0v) is 6.22. The minimum Gasteiger partial charge on any atom is -0.376 e. The molecule has 0 atom stereocenters. The summed E-state index contributed by atoms with van der Waals surface area (Å²) in [6, 6.07) is 0. The molecule has 0 aliphatic rings. The number of ether oxygens (including phenoxy) is 1. The molecule has 1 aromatic rings. The van der Waals surface area contributed by atoms with Gasteiger partial charge < -0.3 is 4.74 Å². The van der Waals surface area contributed by atoms with Gasteiger partial charge in [0, 0.05) is 12.5 Å². The van der Waals surface area contributed by atoms with E-state index in [1.54, 1.807) is 5.38 Å². The fourth-order valence-electron chi connectivity index (χ4n) is 0.491. The molecule has 10 heavy (non-hydrogen) atoms. The average molecular weight is 158 g/mol. The third-order valence-electron chi connectivity index (χ3n) is 0.921. The first-order chi connectivity index (χ1) is 4.84. The zero-order chi connectivity index (χ0) is 7.40. The molecule has 1 aromatic heterocycles. The molecule has 0 aliphatic carbocycles. The van der Waals surface area contributed by atoms with Gasteiger partial charge >= 0.3 is 0 Å². The number of nitrogens with zero attached hydrogens (tertiary/aromatic N) is 2. The second kappa shape index (κ2) is 3.38. The van der Waals surface area contributed by atoms with Crippen LogP contribution in [0.1, 0.15) is 10.5 Å². The second-order valence-corrected chi connectivity index (χ2v) is 2.26. The molecule has 0 unspecified atom stereocenters. The molecule has 0 bridgehead atoms. The molecular weight excluding hydrogens is 152 g/mol. The van der Waals surface area contributed by atoms with Crippen molar-refractivity contribution in [2.24, 2.45) is 0 Å². The van der Waals surface area contributed by atoms with Crippen molar-refractivity contribution in [2.75, 3.05) is 13.7 Å². The highest BCUT2D eigenvalue weighted by atomic mass is 32.1. The van der Waals surface area contributed by atoms with Crippen LogP contribution in [0.15, 0.2) is 5.38 Å². The Morgan fingerprint density at radius 3 is 3.20 bits per heavy atom. The number of methoxy groups -OCH3 is 1. The number of hydrogen-bond acceptors (Lipinski definition) is 5. The summed E-state index contributed by atoms with van der Waals surface area (Å²) in [5.74, 6) is -0.128. The van der Waals surface area contributed by atoms with Crippen molar-refractivity contribution in [1.82, 2.24) is 9.59 Å². The zero-order valence-electron chi connectivity index (χ0n) is 5.40. The van der Waals surface area contributed by atoms with E-state index in [9.17, 15) is 4.79 Å². The van der Waals surface area contributed by atoms with Gasteiger partial charge in [-0.3, -0.25) is 4.79 Å².